The average molecular weight is 278 g/mol. The highest BCUT2D eigenvalue weighted by molar-refractivity contribution is 7.91. The third kappa shape index (κ3) is 5.35. The van der Waals surface area contributed by atoms with Gasteiger partial charge in [-0.1, -0.05) is 6.92 Å². The zero-order valence-corrected chi connectivity index (χ0v) is 11.9. The second-order valence-electron chi connectivity index (χ2n) is 4.82. The lowest BCUT2D eigenvalue weighted by Gasteiger charge is -2.11. The molecule has 1 saturated heterocycles. The summed E-state index contributed by atoms with van der Waals surface area (Å²) in [5.41, 5.74) is 0. The van der Waals surface area contributed by atoms with Crippen molar-refractivity contribution in [3.63, 3.8) is 0 Å². The predicted molar refractivity (Wildman–Crippen MR) is 68.0 cm³/mol. The summed E-state index contributed by atoms with van der Waals surface area (Å²) in [5, 5.41) is 0. The molecule has 0 aromatic rings. The molecule has 2 unspecified atom stereocenters. The van der Waals surface area contributed by atoms with Crippen molar-refractivity contribution < 1.29 is 22.7 Å². The number of carbonyl (C=O) groups is 1. The molecule has 6 heteroatoms. The van der Waals surface area contributed by atoms with Crippen LogP contribution in [0, 0.1) is 5.92 Å². The molecule has 0 radical (unpaired) electrons. The Morgan fingerprint density at radius 1 is 1.50 bits per heavy atom. The number of methoxy groups -OCH3 is 1. The smallest absolute Gasteiger partial charge is 0.309 e. The molecule has 18 heavy (non-hydrogen) atoms. The minimum absolute atomic E-state index is 0.119. The molecule has 106 valence electrons. The SMILES string of the molecule is COC(=O)C(C)CS(=O)(=O)CCCC1CCCO1. The molecular weight excluding hydrogens is 256 g/mol. The van der Waals surface area contributed by atoms with Crippen LogP contribution in [0.4, 0.5) is 0 Å². The Balaban J connectivity index is 2.28. The summed E-state index contributed by atoms with van der Waals surface area (Å²) < 4.78 is 33.5. The molecule has 1 fully saturated rings. The largest absolute Gasteiger partial charge is 0.469 e. The van der Waals surface area contributed by atoms with E-state index in [9.17, 15) is 13.2 Å². The highest BCUT2D eigenvalue weighted by atomic mass is 32.2. The molecule has 0 bridgehead atoms. The van der Waals surface area contributed by atoms with Crippen molar-refractivity contribution in [1.82, 2.24) is 0 Å². The summed E-state index contributed by atoms with van der Waals surface area (Å²) in [5.74, 6) is -1.08. The van der Waals surface area contributed by atoms with Gasteiger partial charge in [-0.05, 0) is 25.7 Å². The number of ether oxygens (including phenoxy) is 2. The summed E-state index contributed by atoms with van der Waals surface area (Å²) in [6.07, 6.45) is 3.69. The number of sulfone groups is 1. The summed E-state index contributed by atoms with van der Waals surface area (Å²) >= 11 is 0. The molecule has 0 aromatic carbocycles. The molecule has 0 aromatic heterocycles. The molecule has 1 aliphatic heterocycles. The quantitative estimate of drug-likeness (QED) is 0.654. The fraction of sp³-hybridized carbons (Fsp3) is 0.917. The van der Waals surface area contributed by atoms with E-state index in [1.807, 2.05) is 0 Å². The number of hydrogen-bond donors (Lipinski definition) is 0. The van der Waals surface area contributed by atoms with E-state index in [1.165, 1.54) is 7.11 Å². The number of esters is 1. The fourth-order valence-electron chi connectivity index (χ4n) is 2.14. The van der Waals surface area contributed by atoms with Crippen LogP contribution in [-0.2, 0) is 24.1 Å². The standard InChI is InChI=1S/C12H22O5S/c1-10(12(13)16-2)9-18(14,15)8-4-6-11-5-3-7-17-11/h10-11H,3-9H2,1-2H3. The zero-order chi connectivity index (χ0) is 13.6. The molecule has 0 saturated carbocycles. The Hall–Kier alpha value is -0.620. The minimum atomic E-state index is -3.18. The van der Waals surface area contributed by atoms with Crippen molar-refractivity contribution in [1.29, 1.82) is 0 Å². The fourth-order valence-corrected chi connectivity index (χ4v) is 3.81. The van der Waals surface area contributed by atoms with Crippen molar-refractivity contribution in [2.75, 3.05) is 25.2 Å². The Kier molecular flexibility index (Phi) is 6.08. The van der Waals surface area contributed by atoms with Crippen LogP contribution < -0.4 is 0 Å². The molecule has 0 spiro atoms. The highest BCUT2D eigenvalue weighted by Crippen LogP contribution is 2.17. The van der Waals surface area contributed by atoms with Crippen LogP contribution in [0.1, 0.15) is 32.6 Å². The van der Waals surface area contributed by atoms with Gasteiger partial charge >= 0.3 is 5.97 Å². The van der Waals surface area contributed by atoms with Gasteiger partial charge < -0.3 is 9.47 Å². The van der Waals surface area contributed by atoms with Crippen LogP contribution in [0.5, 0.6) is 0 Å². The molecule has 0 N–H and O–H groups in total. The van der Waals surface area contributed by atoms with Gasteiger partial charge in [-0.3, -0.25) is 4.79 Å². The molecule has 0 aliphatic carbocycles. The first-order chi connectivity index (χ1) is 8.44. The summed E-state index contributed by atoms with van der Waals surface area (Å²) in [6.45, 7) is 2.36. The van der Waals surface area contributed by atoms with Gasteiger partial charge in [-0.15, -0.1) is 0 Å². The van der Waals surface area contributed by atoms with Gasteiger partial charge in [0.25, 0.3) is 0 Å². The second kappa shape index (κ2) is 7.09. The van der Waals surface area contributed by atoms with Crippen molar-refractivity contribution >= 4 is 15.8 Å². The predicted octanol–water partition coefficient (Wildman–Crippen LogP) is 1.17. The van der Waals surface area contributed by atoms with Crippen molar-refractivity contribution in [2.24, 2.45) is 5.92 Å². The van der Waals surface area contributed by atoms with Gasteiger partial charge in [0.2, 0.25) is 0 Å². The van der Waals surface area contributed by atoms with Crippen molar-refractivity contribution in [2.45, 2.75) is 38.7 Å². The molecule has 1 rings (SSSR count). The van der Waals surface area contributed by atoms with E-state index < -0.39 is 21.7 Å². The number of rotatable bonds is 7. The summed E-state index contributed by atoms with van der Waals surface area (Å²) in [7, 11) is -1.92. The van der Waals surface area contributed by atoms with Gasteiger partial charge in [0.1, 0.15) is 0 Å². The lowest BCUT2D eigenvalue weighted by Crippen LogP contribution is -2.24. The van der Waals surface area contributed by atoms with E-state index in [-0.39, 0.29) is 17.6 Å². The number of hydrogen-bond acceptors (Lipinski definition) is 5. The zero-order valence-electron chi connectivity index (χ0n) is 11.1. The lowest BCUT2D eigenvalue weighted by atomic mass is 10.1. The maximum absolute atomic E-state index is 11.8. The minimum Gasteiger partial charge on any atom is -0.469 e. The van der Waals surface area contributed by atoms with Crippen LogP contribution in [0.25, 0.3) is 0 Å². The molecule has 2 atom stereocenters. The van der Waals surface area contributed by atoms with Crippen molar-refractivity contribution in [3.05, 3.63) is 0 Å². The van der Waals surface area contributed by atoms with Crippen LogP contribution in [0.2, 0.25) is 0 Å². The Bertz CT molecular complexity index is 357. The van der Waals surface area contributed by atoms with Crippen LogP contribution in [-0.4, -0.2) is 45.7 Å². The Morgan fingerprint density at radius 3 is 2.78 bits per heavy atom. The van der Waals surface area contributed by atoms with Gasteiger partial charge in [0, 0.05) is 6.61 Å². The Morgan fingerprint density at radius 2 is 2.22 bits per heavy atom. The lowest BCUT2D eigenvalue weighted by molar-refractivity contribution is -0.144. The highest BCUT2D eigenvalue weighted by Gasteiger charge is 2.23. The van der Waals surface area contributed by atoms with E-state index in [2.05, 4.69) is 4.74 Å². The van der Waals surface area contributed by atoms with Crippen LogP contribution in [0.3, 0.4) is 0 Å². The molecule has 1 heterocycles. The van der Waals surface area contributed by atoms with E-state index in [0.717, 1.165) is 25.9 Å². The molecule has 0 amide bonds. The maximum Gasteiger partial charge on any atom is 0.309 e. The van der Waals surface area contributed by atoms with E-state index in [1.54, 1.807) is 6.92 Å². The molecule has 5 nitrogen and oxygen atoms in total. The summed E-state index contributed by atoms with van der Waals surface area (Å²) in [4.78, 5) is 11.2. The van der Waals surface area contributed by atoms with Crippen molar-refractivity contribution in [3.8, 4) is 0 Å². The Labute approximate surface area is 109 Å². The maximum atomic E-state index is 11.8. The topological polar surface area (TPSA) is 69.7 Å². The van der Waals surface area contributed by atoms with Crippen LogP contribution in [0.15, 0.2) is 0 Å². The van der Waals surface area contributed by atoms with E-state index in [0.29, 0.717) is 6.42 Å². The first-order valence-corrected chi connectivity index (χ1v) is 8.16. The van der Waals surface area contributed by atoms with Gasteiger partial charge in [0.05, 0.1) is 30.6 Å². The third-order valence-corrected chi connectivity index (χ3v) is 5.03. The number of carbonyl (C=O) groups excluding carboxylic acids is 1. The average Bonchev–Trinajstić information content (AvgIpc) is 2.80. The third-order valence-electron chi connectivity index (χ3n) is 3.11. The molecule has 1 aliphatic rings. The van der Waals surface area contributed by atoms with Gasteiger partial charge in [-0.25, -0.2) is 8.42 Å². The second-order valence-corrected chi connectivity index (χ2v) is 7.04. The first kappa shape index (κ1) is 15.4. The monoisotopic (exact) mass is 278 g/mol. The summed E-state index contributed by atoms with van der Waals surface area (Å²) in [6, 6.07) is 0. The van der Waals surface area contributed by atoms with Crippen LogP contribution >= 0.6 is 0 Å². The normalized spacial score (nSPS) is 21.8. The first-order valence-electron chi connectivity index (χ1n) is 6.34. The molecular formula is C12H22O5S. The van der Waals surface area contributed by atoms with E-state index in [4.69, 9.17) is 4.74 Å². The van der Waals surface area contributed by atoms with Gasteiger partial charge in [0.15, 0.2) is 9.84 Å². The van der Waals surface area contributed by atoms with Gasteiger partial charge in [-0.2, -0.15) is 0 Å². The van der Waals surface area contributed by atoms with E-state index >= 15 is 0 Å².